The van der Waals surface area contributed by atoms with E-state index in [4.69, 9.17) is 5.11 Å². The first-order valence-corrected chi connectivity index (χ1v) is 4.41. The predicted molar refractivity (Wildman–Crippen MR) is 38.6 cm³/mol. The molecule has 0 aromatic heterocycles. The fraction of sp³-hybridized carbons (Fsp3) is 0.833. The first-order valence-electron chi connectivity index (χ1n) is 3.36. The van der Waals surface area contributed by atoms with Gasteiger partial charge in [-0.2, -0.15) is 0 Å². The molecule has 1 N–H and O–H groups in total. The predicted octanol–water partition coefficient (Wildman–Crippen LogP) is -0.348. The average Bonchev–Trinajstić information content (AvgIpc) is 2.25. The Kier molecular flexibility index (Phi) is 1.38. The molecule has 2 fully saturated rings. The van der Waals surface area contributed by atoms with Crippen molar-refractivity contribution in [3.05, 3.63) is 0 Å². The van der Waals surface area contributed by atoms with Gasteiger partial charge in [-0.25, -0.2) is 0 Å². The number of carbonyl (C=O) groups excluding carboxylic acids is 1. The highest BCUT2D eigenvalue weighted by atomic mass is 32.2. The van der Waals surface area contributed by atoms with Crippen LogP contribution in [0.4, 0.5) is 0 Å². The summed E-state index contributed by atoms with van der Waals surface area (Å²) >= 11 is 1.77. The smallest absolute Gasteiger partial charge is 0.226 e. The van der Waals surface area contributed by atoms with Gasteiger partial charge in [0.05, 0.1) is 24.4 Å². The fourth-order valence-electron chi connectivity index (χ4n) is 1.42. The Balaban J connectivity index is 2.07. The zero-order chi connectivity index (χ0) is 7.14. The lowest BCUT2D eigenvalue weighted by molar-refractivity contribution is -0.144. The molecule has 2 aliphatic rings. The summed E-state index contributed by atoms with van der Waals surface area (Å²) in [6, 6.07) is 0.108. The third kappa shape index (κ3) is 0.689. The van der Waals surface area contributed by atoms with E-state index in [0.29, 0.717) is 11.8 Å². The van der Waals surface area contributed by atoms with Crippen molar-refractivity contribution in [1.82, 2.24) is 4.90 Å². The average molecular weight is 159 g/mol. The van der Waals surface area contributed by atoms with E-state index in [0.717, 1.165) is 5.75 Å². The molecule has 0 bridgehead atoms. The number of fused-ring (bicyclic) bond motifs is 1. The lowest BCUT2D eigenvalue weighted by Gasteiger charge is -2.36. The van der Waals surface area contributed by atoms with E-state index >= 15 is 0 Å². The number of rotatable bonds is 1. The third-order valence-corrected chi connectivity index (χ3v) is 3.39. The monoisotopic (exact) mass is 159 g/mol. The number of β-lactam (4-membered cyclic amide) rings is 1. The van der Waals surface area contributed by atoms with Crippen LogP contribution in [0.2, 0.25) is 0 Å². The molecule has 0 spiro atoms. The Morgan fingerprint density at radius 1 is 1.80 bits per heavy atom. The number of carbonyl (C=O) groups is 1. The second kappa shape index (κ2) is 2.13. The molecule has 0 aliphatic carbocycles. The van der Waals surface area contributed by atoms with Crippen LogP contribution in [0.5, 0.6) is 0 Å². The molecule has 2 aliphatic heterocycles. The number of aliphatic hydroxyl groups excluding tert-OH is 1. The molecule has 1 amide bonds. The summed E-state index contributed by atoms with van der Waals surface area (Å²) in [5.41, 5.74) is 0. The van der Waals surface area contributed by atoms with Crippen molar-refractivity contribution >= 4 is 17.7 Å². The van der Waals surface area contributed by atoms with E-state index in [2.05, 4.69) is 0 Å². The summed E-state index contributed by atoms with van der Waals surface area (Å²) in [7, 11) is 0. The Labute approximate surface area is 63.4 Å². The van der Waals surface area contributed by atoms with Gasteiger partial charge in [-0.3, -0.25) is 4.79 Å². The first kappa shape index (κ1) is 6.49. The summed E-state index contributed by atoms with van der Waals surface area (Å²) in [4.78, 5) is 12.7. The van der Waals surface area contributed by atoms with E-state index in [1.54, 1.807) is 16.7 Å². The maximum atomic E-state index is 10.9. The molecule has 2 rings (SSSR count). The Hall–Kier alpha value is -0.220. The van der Waals surface area contributed by atoms with Crippen LogP contribution < -0.4 is 0 Å². The molecule has 4 heteroatoms. The van der Waals surface area contributed by atoms with Crippen molar-refractivity contribution in [3.8, 4) is 0 Å². The third-order valence-electron chi connectivity index (χ3n) is 2.03. The Morgan fingerprint density at radius 3 is 3.10 bits per heavy atom. The fourth-order valence-corrected chi connectivity index (χ4v) is 2.84. The van der Waals surface area contributed by atoms with Crippen LogP contribution in [0, 0.1) is 0 Å². The lowest BCUT2D eigenvalue weighted by Crippen LogP contribution is -2.52. The number of amides is 1. The first-order chi connectivity index (χ1) is 4.83. The summed E-state index contributed by atoms with van der Waals surface area (Å²) < 4.78 is 0. The summed E-state index contributed by atoms with van der Waals surface area (Å²) in [6.07, 6.45) is 0.682. The minimum atomic E-state index is 0.108. The normalized spacial score (nSPS) is 37.7. The van der Waals surface area contributed by atoms with Crippen molar-refractivity contribution < 1.29 is 9.90 Å². The van der Waals surface area contributed by atoms with Crippen LogP contribution >= 0.6 is 11.8 Å². The zero-order valence-electron chi connectivity index (χ0n) is 5.49. The number of thioether (sulfide) groups is 1. The molecule has 3 nitrogen and oxygen atoms in total. The summed E-state index contributed by atoms with van der Waals surface area (Å²) in [5.74, 6) is 1.11. The number of nitrogens with zero attached hydrogens (tertiary/aromatic N) is 1. The highest BCUT2D eigenvalue weighted by Gasteiger charge is 2.45. The van der Waals surface area contributed by atoms with Crippen molar-refractivity contribution in [2.24, 2.45) is 0 Å². The number of hydrogen-bond acceptors (Lipinski definition) is 3. The molecule has 2 heterocycles. The van der Waals surface area contributed by atoms with Crippen LogP contribution in [0.3, 0.4) is 0 Å². The van der Waals surface area contributed by atoms with Crippen molar-refractivity contribution in [2.45, 2.75) is 17.8 Å². The Morgan fingerprint density at radius 2 is 2.60 bits per heavy atom. The standard InChI is InChI=1S/C6H9NO2S/c8-2-4-3-10-6-1-5(9)7(4)6/h4,6,8H,1-3H2. The van der Waals surface area contributed by atoms with Crippen molar-refractivity contribution in [1.29, 1.82) is 0 Å². The van der Waals surface area contributed by atoms with Gasteiger partial charge in [-0.05, 0) is 0 Å². The van der Waals surface area contributed by atoms with Crippen LogP contribution in [0.15, 0.2) is 0 Å². The van der Waals surface area contributed by atoms with Crippen LogP contribution in [0.25, 0.3) is 0 Å². The van der Waals surface area contributed by atoms with Gasteiger partial charge in [-0.1, -0.05) is 0 Å². The minimum absolute atomic E-state index is 0.108. The highest BCUT2D eigenvalue weighted by molar-refractivity contribution is 8.00. The second-order valence-electron chi connectivity index (χ2n) is 2.63. The molecule has 2 atom stereocenters. The maximum absolute atomic E-state index is 10.9. The molecule has 56 valence electrons. The van der Waals surface area contributed by atoms with Gasteiger partial charge in [0.25, 0.3) is 0 Å². The van der Waals surface area contributed by atoms with Crippen LogP contribution in [-0.2, 0) is 4.79 Å². The van der Waals surface area contributed by atoms with Gasteiger partial charge < -0.3 is 10.0 Å². The van der Waals surface area contributed by atoms with Gasteiger partial charge in [0.1, 0.15) is 0 Å². The summed E-state index contributed by atoms with van der Waals surface area (Å²) in [6.45, 7) is 0.120. The second-order valence-corrected chi connectivity index (χ2v) is 3.84. The molecule has 0 saturated carbocycles. The quantitative estimate of drug-likeness (QED) is 0.532. The molecule has 0 aromatic rings. The minimum Gasteiger partial charge on any atom is -0.394 e. The Bertz CT molecular complexity index is 173. The van der Waals surface area contributed by atoms with E-state index in [1.807, 2.05) is 0 Å². The lowest BCUT2D eigenvalue weighted by atomic mass is 10.1. The van der Waals surface area contributed by atoms with Crippen LogP contribution in [-0.4, -0.2) is 39.7 Å². The van der Waals surface area contributed by atoms with Crippen molar-refractivity contribution in [3.63, 3.8) is 0 Å². The molecule has 0 radical (unpaired) electrons. The number of hydrogen-bond donors (Lipinski definition) is 1. The van der Waals surface area contributed by atoms with E-state index in [-0.39, 0.29) is 18.6 Å². The molecular formula is C6H9NO2S. The summed E-state index contributed by atoms with van der Waals surface area (Å²) in [5, 5.41) is 9.19. The molecule has 0 aromatic carbocycles. The highest BCUT2D eigenvalue weighted by Crippen LogP contribution is 2.38. The zero-order valence-corrected chi connectivity index (χ0v) is 6.30. The largest absolute Gasteiger partial charge is 0.394 e. The van der Waals surface area contributed by atoms with Crippen molar-refractivity contribution in [2.75, 3.05) is 12.4 Å². The maximum Gasteiger partial charge on any atom is 0.226 e. The van der Waals surface area contributed by atoms with E-state index in [1.165, 1.54) is 0 Å². The molecular weight excluding hydrogens is 150 g/mol. The van der Waals surface area contributed by atoms with Gasteiger partial charge in [-0.15, -0.1) is 11.8 Å². The molecule has 10 heavy (non-hydrogen) atoms. The van der Waals surface area contributed by atoms with Crippen LogP contribution in [0.1, 0.15) is 6.42 Å². The van der Waals surface area contributed by atoms with E-state index in [9.17, 15) is 4.79 Å². The number of aliphatic hydroxyl groups is 1. The van der Waals surface area contributed by atoms with Gasteiger partial charge in [0.2, 0.25) is 5.91 Å². The molecule has 2 saturated heterocycles. The SMILES string of the molecule is O=C1CC2SCC(CO)N12. The van der Waals surface area contributed by atoms with Gasteiger partial charge >= 0.3 is 0 Å². The van der Waals surface area contributed by atoms with Gasteiger partial charge in [0, 0.05) is 5.75 Å². The molecule has 2 unspecified atom stereocenters. The van der Waals surface area contributed by atoms with Gasteiger partial charge in [0.15, 0.2) is 0 Å². The topological polar surface area (TPSA) is 40.5 Å². The van der Waals surface area contributed by atoms with E-state index < -0.39 is 0 Å².